The molecule has 29 heavy (non-hydrogen) atoms. The average molecular weight is 394 g/mol. The van der Waals surface area contributed by atoms with Crippen LogP contribution in [0.4, 0.5) is 4.79 Å². The van der Waals surface area contributed by atoms with Crippen molar-refractivity contribution in [1.82, 2.24) is 10.2 Å². The van der Waals surface area contributed by atoms with Gasteiger partial charge in [-0.2, -0.15) is 0 Å². The Labute approximate surface area is 170 Å². The van der Waals surface area contributed by atoms with Crippen LogP contribution in [0, 0.1) is 0 Å². The topological polar surface area (TPSA) is 78.9 Å². The molecule has 1 saturated heterocycles. The van der Waals surface area contributed by atoms with Crippen LogP contribution in [-0.2, 0) is 9.53 Å². The first-order valence-corrected chi connectivity index (χ1v) is 10.2. The first kappa shape index (κ1) is 19.5. The zero-order valence-electron chi connectivity index (χ0n) is 16.3. The predicted molar refractivity (Wildman–Crippen MR) is 110 cm³/mol. The highest BCUT2D eigenvalue weighted by Gasteiger charge is 2.30. The van der Waals surface area contributed by atoms with Crippen LogP contribution in [0.5, 0.6) is 0 Å². The number of hydrogen-bond donors (Lipinski definition) is 2. The second-order valence-corrected chi connectivity index (χ2v) is 7.64. The number of nitrogens with one attached hydrogen (secondary N) is 1. The summed E-state index contributed by atoms with van der Waals surface area (Å²) in [7, 11) is 0. The van der Waals surface area contributed by atoms with Crippen LogP contribution in [0.15, 0.2) is 48.5 Å². The van der Waals surface area contributed by atoms with Gasteiger partial charge in [0.15, 0.2) is 0 Å². The maximum absolute atomic E-state index is 12.2. The minimum absolute atomic E-state index is 0.0339. The summed E-state index contributed by atoms with van der Waals surface area (Å²) in [6.45, 7) is 1.92. The lowest BCUT2D eigenvalue weighted by molar-refractivity contribution is -0.144. The molecule has 1 heterocycles. The van der Waals surface area contributed by atoms with E-state index in [-0.39, 0.29) is 12.5 Å². The van der Waals surface area contributed by atoms with Gasteiger partial charge in [-0.3, -0.25) is 9.69 Å². The van der Waals surface area contributed by atoms with Crippen molar-refractivity contribution in [3.05, 3.63) is 59.7 Å². The van der Waals surface area contributed by atoms with Crippen LogP contribution >= 0.6 is 0 Å². The molecule has 1 fully saturated rings. The molecule has 2 aromatic rings. The van der Waals surface area contributed by atoms with Crippen LogP contribution in [0.3, 0.4) is 0 Å². The lowest BCUT2D eigenvalue weighted by Gasteiger charge is -2.32. The summed E-state index contributed by atoms with van der Waals surface area (Å²) < 4.78 is 5.52. The summed E-state index contributed by atoms with van der Waals surface area (Å²) in [6, 6.07) is 16.0. The lowest BCUT2D eigenvalue weighted by atomic mass is 9.98. The van der Waals surface area contributed by atoms with Gasteiger partial charge in [0, 0.05) is 19.0 Å². The number of likely N-dealkylation sites (tertiary alicyclic amines) is 1. The summed E-state index contributed by atoms with van der Waals surface area (Å²) in [6.07, 6.45) is 2.14. The van der Waals surface area contributed by atoms with E-state index in [2.05, 4.69) is 29.6 Å². The number of carboxylic acid groups (broad SMARTS) is 1. The second kappa shape index (κ2) is 8.66. The third-order valence-electron chi connectivity index (χ3n) is 5.91. The van der Waals surface area contributed by atoms with Gasteiger partial charge in [0.25, 0.3) is 0 Å². The second-order valence-electron chi connectivity index (χ2n) is 7.64. The fourth-order valence-corrected chi connectivity index (χ4v) is 4.49. The molecule has 1 unspecified atom stereocenters. The van der Waals surface area contributed by atoms with Gasteiger partial charge in [-0.05, 0) is 41.6 Å². The standard InChI is InChI=1S/C23H26N2O4/c26-22(27)21-11-5-6-13-25(21)14-12-24-23(28)29-15-20-18-9-3-1-7-16(18)17-8-2-4-10-19(17)20/h1-4,7-10,20-21H,5-6,11-15H2,(H,24,28)(H,26,27). The van der Waals surface area contributed by atoms with Crippen molar-refractivity contribution in [2.24, 2.45) is 0 Å². The van der Waals surface area contributed by atoms with E-state index in [0.29, 0.717) is 19.5 Å². The normalized spacial score (nSPS) is 18.7. The van der Waals surface area contributed by atoms with Crippen LogP contribution in [0.1, 0.15) is 36.3 Å². The summed E-state index contributed by atoms with van der Waals surface area (Å²) in [4.78, 5) is 25.5. The fraction of sp³-hybridized carbons (Fsp3) is 0.391. The van der Waals surface area contributed by atoms with Crippen molar-refractivity contribution in [3.63, 3.8) is 0 Å². The Kier molecular flexibility index (Phi) is 5.81. The molecule has 1 amide bonds. The van der Waals surface area contributed by atoms with E-state index >= 15 is 0 Å². The fourth-order valence-electron chi connectivity index (χ4n) is 4.49. The highest BCUT2D eigenvalue weighted by Crippen LogP contribution is 2.44. The molecule has 0 radical (unpaired) electrons. The third-order valence-corrected chi connectivity index (χ3v) is 5.91. The molecular weight excluding hydrogens is 368 g/mol. The van der Waals surface area contributed by atoms with Gasteiger partial charge in [0.1, 0.15) is 12.6 Å². The molecule has 4 rings (SSSR count). The van der Waals surface area contributed by atoms with Crippen molar-refractivity contribution in [2.45, 2.75) is 31.2 Å². The Balaban J connectivity index is 1.31. The Hall–Kier alpha value is -2.86. The molecule has 6 nitrogen and oxygen atoms in total. The number of fused-ring (bicyclic) bond motifs is 3. The molecule has 0 aromatic heterocycles. The zero-order chi connectivity index (χ0) is 20.2. The maximum Gasteiger partial charge on any atom is 0.407 e. The van der Waals surface area contributed by atoms with E-state index in [1.807, 2.05) is 29.2 Å². The van der Waals surface area contributed by atoms with E-state index in [4.69, 9.17) is 4.74 Å². The third kappa shape index (κ3) is 4.12. The number of alkyl carbamates (subject to hydrolysis) is 1. The van der Waals surface area contributed by atoms with Gasteiger partial charge in [0.05, 0.1) is 0 Å². The molecule has 0 spiro atoms. The molecule has 0 bridgehead atoms. The molecule has 0 saturated carbocycles. The SMILES string of the molecule is O=C(NCCN1CCCCC1C(=O)O)OCC1c2ccccc2-c2ccccc21. The van der Waals surface area contributed by atoms with Crippen molar-refractivity contribution in [3.8, 4) is 11.1 Å². The van der Waals surface area contributed by atoms with Gasteiger partial charge in [-0.1, -0.05) is 55.0 Å². The number of aliphatic carboxylic acids is 1. The summed E-state index contributed by atoms with van der Waals surface area (Å²) in [5.74, 6) is -0.752. The van der Waals surface area contributed by atoms with Crippen molar-refractivity contribution < 1.29 is 19.4 Å². The number of ether oxygens (including phenoxy) is 1. The number of rotatable bonds is 6. The Bertz CT molecular complexity index is 852. The van der Waals surface area contributed by atoms with Crippen LogP contribution < -0.4 is 5.32 Å². The minimum atomic E-state index is -0.786. The molecule has 2 aliphatic rings. The Morgan fingerprint density at radius 3 is 2.34 bits per heavy atom. The lowest BCUT2D eigenvalue weighted by Crippen LogP contribution is -2.47. The van der Waals surface area contributed by atoms with Crippen molar-refractivity contribution in [2.75, 3.05) is 26.2 Å². The number of carboxylic acids is 1. The largest absolute Gasteiger partial charge is 0.480 e. The van der Waals surface area contributed by atoms with Gasteiger partial charge in [0.2, 0.25) is 0 Å². The minimum Gasteiger partial charge on any atom is -0.480 e. The van der Waals surface area contributed by atoms with Crippen LogP contribution in [0.2, 0.25) is 0 Å². The van der Waals surface area contributed by atoms with Crippen molar-refractivity contribution >= 4 is 12.1 Å². The summed E-state index contributed by atoms with van der Waals surface area (Å²) >= 11 is 0. The number of nitrogens with zero attached hydrogens (tertiary/aromatic N) is 1. The highest BCUT2D eigenvalue weighted by atomic mass is 16.5. The Morgan fingerprint density at radius 1 is 1.03 bits per heavy atom. The summed E-state index contributed by atoms with van der Waals surface area (Å²) in [5, 5.41) is 12.1. The smallest absolute Gasteiger partial charge is 0.407 e. The van der Waals surface area contributed by atoms with E-state index in [1.165, 1.54) is 22.3 Å². The van der Waals surface area contributed by atoms with E-state index in [1.54, 1.807) is 0 Å². The van der Waals surface area contributed by atoms with E-state index < -0.39 is 18.1 Å². The quantitative estimate of drug-likeness (QED) is 0.784. The van der Waals surface area contributed by atoms with E-state index in [0.717, 1.165) is 19.4 Å². The molecule has 6 heteroatoms. The Morgan fingerprint density at radius 2 is 1.69 bits per heavy atom. The molecule has 1 aliphatic heterocycles. The average Bonchev–Trinajstić information content (AvgIpc) is 3.06. The van der Waals surface area contributed by atoms with Gasteiger partial charge >= 0.3 is 12.1 Å². The highest BCUT2D eigenvalue weighted by molar-refractivity contribution is 5.79. The first-order valence-electron chi connectivity index (χ1n) is 10.2. The monoisotopic (exact) mass is 394 g/mol. The number of amides is 1. The van der Waals surface area contributed by atoms with Crippen LogP contribution in [0.25, 0.3) is 11.1 Å². The van der Waals surface area contributed by atoms with Gasteiger partial charge < -0.3 is 15.2 Å². The first-order chi connectivity index (χ1) is 14.1. The molecule has 152 valence electrons. The number of hydrogen-bond acceptors (Lipinski definition) is 4. The van der Waals surface area contributed by atoms with Gasteiger partial charge in [-0.15, -0.1) is 0 Å². The predicted octanol–water partition coefficient (Wildman–Crippen LogP) is 3.46. The maximum atomic E-state index is 12.2. The molecule has 2 N–H and O–H groups in total. The number of carbonyl (C=O) groups is 2. The number of piperidine rings is 1. The molecule has 1 aliphatic carbocycles. The zero-order valence-corrected chi connectivity index (χ0v) is 16.3. The van der Waals surface area contributed by atoms with Gasteiger partial charge in [-0.25, -0.2) is 4.79 Å². The molecule has 1 atom stereocenters. The summed E-state index contributed by atoms with van der Waals surface area (Å²) in [5.41, 5.74) is 4.75. The number of carbonyl (C=O) groups excluding carboxylic acids is 1. The van der Waals surface area contributed by atoms with E-state index in [9.17, 15) is 14.7 Å². The van der Waals surface area contributed by atoms with Crippen LogP contribution in [-0.4, -0.2) is 54.4 Å². The molecule has 2 aromatic carbocycles. The number of benzene rings is 2. The van der Waals surface area contributed by atoms with Crippen molar-refractivity contribution in [1.29, 1.82) is 0 Å². The molecular formula is C23H26N2O4.